The molecule has 4 heteroatoms. The molecule has 1 unspecified atom stereocenters. The van der Waals surface area contributed by atoms with E-state index in [1.54, 1.807) is 0 Å². The number of hydrogen-bond donors (Lipinski definition) is 1. The number of nitriles is 1. The van der Waals surface area contributed by atoms with Crippen LogP contribution in [-0.2, 0) is 4.79 Å². The Labute approximate surface area is 91.5 Å². The molecule has 0 spiro atoms. The van der Waals surface area contributed by atoms with Crippen LogP contribution in [0.15, 0.2) is 0 Å². The van der Waals surface area contributed by atoms with Crippen molar-refractivity contribution in [2.75, 3.05) is 13.1 Å². The molecule has 0 amide bonds. The molecule has 0 saturated carbocycles. The molecule has 0 aliphatic carbocycles. The first-order valence-corrected chi connectivity index (χ1v) is 5.51. The number of hydrogen-bond acceptors (Lipinski definition) is 3. The summed E-state index contributed by atoms with van der Waals surface area (Å²) in [4.78, 5) is 12.9. The van der Waals surface area contributed by atoms with Crippen LogP contribution in [0.2, 0.25) is 0 Å². The van der Waals surface area contributed by atoms with Gasteiger partial charge >= 0.3 is 5.97 Å². The van der Waals surface area contributed by atoms with Gasteiger partial charge in [-0.1, -0.05) is 26.7 Å². The molecule has 0 aliphatic rings. The van der Waals surface area contributed by atoms with Crippen molar-refractivity contribution in [3.05, 3.63) is 0 Å². The molecule has 1 N–H and O–H groups in total. The smallest absolute Gasteiger partial charge is 0.320 e. The summed E-state index contributed by atoms with van der Waals surface area (Å²) in [5.74, 6) is -0.775. The maximum absolute atomic E-state index is 11.0. The second kappa shape index (κ2) is 8.25. The number of unbranched alkanes of at least 4 members (excludes halogenated alkanes) is 1. The number of likely N-dealkylation sites (N-methyl/N-ethyl adjacent to an activating group) is 1. The highest BCUT2D eigenvalue weighted by Crippen LogP contribution is 2.09. The molecule has 4 nitrogen and oxygen atoms in total. The number of carboxylic acid groups (broad SMARTS) is 1. The number of carbonyl (C=O) groups is 1. The monoisotopic (exact) mass is 212 g/mol. The lowest BCUT2D eigenvalue weighted by Crippen LogP contribution is -2.41. The van der Waals surface area contributed by atoms with Gasteiger partial charge in [-0.2, -0.15) is 5.26 Å². The van der Waals surface area contributed by atoms with E-state index in [1.165, 1.54) is 0 Å². The van der Waals surface area contributed by atoms with Crippen molar-refractivity contribution in [1.82, 2.24) is 4.90 Å². The summed E-state index contributed by atoms with van der Waals surface area (Å²) < 4.78 is 0. The van der Waals surface area contributed by atoms with Crippen LogP contribution in [0.3, 0.4) is 0 Å². The van der Waals surface area contributed by atoms with Crippen LogP contribution >= 0.6 is 0 Å². The van der Waals surface area contributed by atoms with E-state index in [0.717, 1.165) is 12.8 Å². The highest BCUT2D eigenvalue weighted by atomic mass is 16.4. The van der Waals surface area contributed by atoms with E-state index in [1.807, 2.05) is 24.8 Å². The van der Waals surface area contributed by atoms with Gasteiger partial charge in [0.15, 0.2) is 0 Å². The zero-order chi connectivity index (χ0) is 11.7. The normalized spacial score (nSPS) is 12.4. The van der Waals surface area contributed by atoms with Crippen LogP contribution in [0.5, 0.6) is 0 Å². The molecule has 0 aliphatic heterocycles. The Kier molecular flexibility index (Phi) is 7.65. The third kappa shape index (κ3) is 5.38. The molecule has 0 aromatic heterocycles. The Morgan fingerprint density at radius 2 is 2.20 bits per heavy atom. The zero-order valence-corrected chi connectivity index (χ0v) is 9.57. The number of carboxylic acids is 1. The quantitative estimate of drug-likeness (QED) is 0.667. The van der Waals surface area contributed by atoms with Crippen LogP contribution in [0.4, 0.5) is 0 Å². The van der Waals surface area contributed by atoms with E-state index in [0.29, 0.717) is 25.9 Å². The van der Waals surface area contributed by atoms with E-state index in [4.69, 9.17) is 10.4 Å². The van der Waals surface area contributed by atoms with Crippen molar-refractivity contribution in [1.29, 1.82) is 5.26 Å². The van der Waals surface area contributed by atoms with Gasteiger partial charge < -0.3 is 5.11 Å². The molecular formula is C11H20N2O2. The standard InChI is InChI=1S/C11H20N2O2/c1-3-5-7-10(11(14)15)13(4-2)9-6-8-12/h10H,3-7,9H2,1-2H3,(H,14,15). The number of rotatable bonds is 8. The van der Waals surface area contributed by atoms with Gasteiger partial charge in [-0.05, 0) is 13.0 Å². The average Bonchev–Trinajstić information content (AvgIpc) is 2.22. The molecule has 0 heterocycles. The molecule has 0 saturated heterocycles. The van der Waals surface area contributed by atoms with Crippen molar-refractivity contribution in [3.8, 4) is 6.07 Å². The van der Waals surface area contributed by atoms with Gasteiger partial charge in [0.2, 0.25) is 0 Å². The summed E-state index contributed by atoms with van der Waals surface area (Å²) in [6, 6.07) is 1.62. The molecule has 0 radical (unpaired) electrons. The molecule has 0 aromatic rings. The third-order valence-corrected chi connectivity index (χ3v) is 2.47. The summed E-state index contributed by atoms with van der Waals surface area (Å²) in [5, 5.41) is 17.6. The third-order valence-electron chi connectivity index (χ3n) is 2.47. The fourth-order valence-electron chi connectivity index (χ4n) is 1.59. The molecule has 15 heavy (non-hydrogen) atoms. The first-order valence-electron chi connectivity index (χ1n) is 5.51. The van der Waals surface area contributed by atoms with Crippen molar-refractivity contribution >= 4 is 5.97 Å². The molecular weight excluding hydrogens is 192 g/mol. The fourth-order valence-corrected chi connectivity index (χ4v) is 1.59. The zero-order valence-electron chi connectivity index (χ0n) is 9.57. The first-order chi connectivity index (χ1) is 7.17. The van der Waals surface area contributed by atoms with Gasteiger partial charge in [-0.25, -0.2) is 0 Å². The topological polar surface area (TPSA) is 64.3 Å². The molecule has 1 atom stereocenters. The summed E-state index contributed by atoms with van der Waals surface area (Å²) in [7, 11) is 0. The van der Waals surface area contributed by atoms with Crippen molar-refractivity contribution in [2.24, 2.45) is 0 Å². The Morgan fingerprint density at radius 3 is 2.60 bits per heavy atom. The SMILES string of the molecule is CCCCC(C(=O)O)N(CC)CCC#N. The van der Waals surface area contributed by atoms with E-state index in [-0.39, 0.29) is 0 Å². The summed E-state index contributed by atoms with van der Waals surface area (Å²) in [5.41, 5.74) is 0. The van der Waals surface area contributed by atoms with Crippen LogP contribution in [0, 0.1) is 11.3 Å². The summed E-state index contributed by atoms with van der Waals surface area (Å²) >= 11 is 0. The summed E-state index contributed by atoms with van der Waals surface area (Å²) in [6.45, 7) is 5.21. The second-order valence-electron chi connectivity index (χ2n) is 3.53. The van der Waals surface area contributed by atoms with Crippen LogP contribution in [-0.4, -0.2) is 35.1 Å². The van der Waals surface area contributed by atoms with Crippen LogP contribution in [0.1, 0.15) is 39.5 Å². The van der Waals surface area contributed by atoms with E-state index in [2.05, 4.69) is 0 Å². The first kappa shape index (κ1) is 13.9. The molecule has 0 rings (SSSR count). The van der Waals surface area contributed by atoms with E-state index in [9.17, 15) is 4.79 Å². The van der Waals surface area contributed by atoms with Crippen molar-refractivity contribution in [3.63, 3.8) is 0 Å². The minimum atomic E-state index is -0.775. The fraction of sp³-hybridized carbons (Fsp3) is 0.818. The minimum absolute atomic E-state index is 0.393. The Bertz CT molecular complexity index is 223. The minimum Gasteiger partial charge on any atom is -0.480 e. The highest BCUT2D eigenvalue weighted by Gasteiger charge is 2.22. The van der Waals surface area contributed by atoms with Gasteiger partial charge in [0.05, 0.1) is 6.07 Å². The lowest BCUT2D eigenvalue weighted by atomic mass is 10.1. The maximum Gasteiger partial charge on any atom is 0.320 e. The van der Waals surface area contributed by atoms with Crippen molar-refractivity contribution in [2.45, 2.75) is 45.6 Å². The maximum atomic E-state index is 11.0. The predicted molar refractivity (Wildman–Crippen MR) is 58.4 cm³/mol. The molecule has 0 bridgehead atoms. The second-order valence-corrected chi connectivity index (χ2v) is 3.53. The lowest BCUT2D eigenvalue weighted by molar-refractivity contribution is -0.143. The lowest BCUT2D eigenvalue weighted by Gasteiger charge is -2.26. The van der Waals surface area contributed by atoms with Crippen LogP contribution in [0.25, 0.3) is 0 Å². The number of aliphatic carboxylic acids is 1. The van der Waals surface area contributed by atoms with E-state index < -0.39 is 12.0 Å². The van der Waals surface area contributed by atoms with Gasteiger partial charge in [0.1, 0.15) is 6.04 Å². The predicted octanol–water partition coefficient (Wildman–Crippen LogP) is 1.87. The van der Waals surface area contributed by atoms with E-state index >= 15 is 0 Å². The molecule has 0 aromatic carbocycles. The number of nitrogens with zero attached hydrogens (tertiary/aromatic N) is 2. The average molecular weight is 212 g/mol. The molecule has 86 valence electrons. The highest BCUT2D eigenvalue weighted by molar-refractivity contribution is 5.73. The van der Waals surface area contributed by atoms with Gasteiger partial charge in [-0.15, -0.1) is 0 Å². The Morgan fingerprint density at radius 1 is 1.53 bits per heavy atom. The van der Waals surface area contributed by atoms with Crippen molar-refractivity contribution < 1.29 is 9.90 Å². The van der Waals surface area contributed by atoms with Gasteiger partial charge in [0.25, 0.3) is 0 Å². The van der Waals surface area contributed by atoms with Crippen LogP contribution < -0.4 is 0 Å². The summed E-state index contributed by atoms with van der Waals surface area (Å²) in [6.07, 6.45) is 2.98. The Hall–Kier alpha value is -1.08. The Balaban J connectivity index is 4.28. The largest absolute Gasteiger partial charge is 0.480 e. The van der Waals surface area contributed by atoms with Gasteiger partial charge in [0, 0.05) is 13.0 Å². The van der Waals surface area contributed by atoms with Gasteiger partial charge in [-0.3, -0.25) is 9.69 Å². The molecule has 0 fully saturated rings.